The minimum Gasteiger partial charge on any atom is -0.481 e. The van der Waals surface area contributed by atoms with E-state index in [9.17, 15) is 14.7 Å². The first-order chi connectivity index (χ1) is 9.62. The predicted molar refractivity (Wildman–Crippen MR) is 70.0 cm³/mol. The molecule has 2 amide bonds. The number of nitrogens with one attached hydrogen (secondary N) is 1. The zero-order chi connectivity index (χ0) is 14.2. The first-order valence-corrected chi connectivity index (χ1v) is 6.69. The van der Waals surface area contributed by atoms with Crippen molar-refractivity contribution in [2.45, 2.75) is 19.3 Å². The maximum absolute atomic E-state index is 12.2. The molecule has 106 valence electrons. The van der Waals surface area contributed by atoms with E-state index in [-0.39, 0.29) is 18.5 Å². The molecule has 1 saturated heterocycles. The number of aromatic nitrogens is 2. The lowest BCUT2D eigenvalue weighted by Crippen LogP contribution is -2.38. The van der Waals surface area contributed by atoms with Crippen molar-refractivity contribution < 1.29 is 14.7 Å². The zero-order valence-electron chi connectivity index (χ0n) is 11.0. The smallest absolute Gasteiger partial charge is 0.323 e. The highest BCUT2D eigenvalue weighted by atomic mass is 16.4. The van der Waals surface area contributed by atoms with Crippen LogP contribution in [-0.2, 0) is 4.79 Å². The van der Waals surface area contributed by atoms with E-state index in [0.717, 1.165) is 12.8 Å². The van der Waals surface area contributed by atoms with E-state index in [4.69, 9.17) is 0 Å². The average Bonchev–Trinajstić information content (AvgIpc) is 2.97. The number of carboxylic acid groups (broad SMARTS) is 1. The normalized spacial score (nSPS) is 28.2. The van der Waals surface area contributed by atoms with Gasteiger partial charge in [0.15, 0.2) is 5.82 Å². The van der Waals surface area contributed by atoms with Crippen molar-refractivity contribution in [3.05, 3.63) is 18.3 Å². The average molecular weight is 276 g/mol. The molecule has 7 nitrogen and oxygen atoms in total. The predicted octanol–water partition coefficient (Wildman–Crippen LogP) is 1.20. The maximum atomic E-state index is 12.2. The number of carbonyl (C=O) groups excluding carboxylic acids is 1. The molecule has 2 aliphatic rings. The molecular weight excluding hydrogens is 260 g/mol. The summed E-state index contributed by atoms with van der Waals surface area (Å²) in [7, 11) is 0. The Kier molecular flexibility index (Phi) is 3.04. The SMILES string of the molecule is O=C(Nc1cccnn1)N1C[C@@H]2CCC[C@@]2(C(=O)O)C1. The Bertz CT molecular complexity index is 536. The second-order valence-electron chi connectivity index (χ2n) is 5.47. The number of carboxylic acids is 1. The summed E-state index contributed by atoms with van der Waals surface area (Å²) in [5, 5.41) is 19.6. The first-order valence-electron chi connectivity index (χ1n) is 6.69. The summed E-state index contributed by atoms with van der Waals surface area (Å²) in [6, 6.07) is 3.02. The third-order valence-corrected chi connectivity index (χ3v) is 4.39. The van der Waals surface area contributed by atoms with E-state index < -0.39 is 11.4 Å². The molecule has 0 bridgehead atoms. The largest absolute Gasteiger partial charge is 0.481 e. The van der Waals surface area contributed by atoms with E-state index in [1.807, 2.05) is 0 Å². The van der Waals surface area contributed by atoms with Crippen LogP contribution < -0.4 is 5.32 Å². The van der Waals surface area contributed by atoms with Gasteiger partial charge in [0.25, 0.3) is 0 Å². The van der Waals surface area contributed by atoms with Gasteiger partial charge < -0.3 is 10.0 Å². The summed E-state index contributed by atoms with van der Waals surface area (Å²) in [6.45, 7) is 0.775. The van der Waals surface area contributed by atoms with E-state index in [0.29, 0.717) is 18.8 Å². The van der Waals surface area contributed by atoms with Gasteiger partial charge in [-0.25, -0.2) is 4.79 Å². The number of amides is 2. The van der Waals surface area contributed by atoms with Crippen molar-refractivity contribution in [2.75, 3.05) is 18.4 Å². The Morgan fingerprint density at radius 3 is 3.00 bits per heavy atom. The fourth-order valence-electron chi connectivity index (χ4n) is 3.35. The number of hydrogen-bond acceptors (Lipinski definition) is 4. The highest BCUT2D eigenvalue weighted by molar-refractivity contribution is 5.89. The molecule has 1 aliphatic carbocycles. The molecule has 1 saturated carbocycles. The molecule has 0 aromatic carbocycles. The zero-order valence-corrected chi connectivity index (χ0v) is 11.0. The molecule has 3 rings (SSSR count). The van der Waals surface area contributed by atoms with Gasteiger partial charge in [0.05, 0.1) is 5.41 Å². The van der Waals surface area contributed by atoms with Crippen LogP contribution in [-0.4, -0.2) is 45.3 Å². The summed E-state index contributed by atoms with van der Waals surface area (Å²) in [5.74, 6) is -0.346. The molecule has 1 aliphatic heterocycles. The standard InChI is InChI=1S/C13H16N4O3/c18-11(19)13-5-1-3-9(13)7-17(8-13)12(20)15-10-4-2-6-14-16-10/h2,4,6,9H,1,3,5,7-8H2,(H,18,19)(H,15,16,20)/t9-,13+/m0/s1. The molecule has 2 fully saturated rings. The molecule has 0 spiro atoms. The lowest BCUT2D eigenvalue weighted by atomic mass is 9.81. The Balaban J connectivity index is 1.71. The number of hydrogen-bond donors (Lipinski definition) is 2. The van der Waals surface area contributed by atoms with Crippen molar-refractivity contribution in [3.63, 3.8) is 0 Å². The molecule has 0 radical (unpaired) electrons. The van der Waals surface area contributed by atoms with Crippen molar-refractivity contribution in [2.24, 2.45) is 11.3 Å². The van der Waals surface area contributed by atoms with Gasteiger partial charge in [0, 0.05) is 19.3 Å². The highest BCUT2D eigenvalue weighted by Crippen LogP contribution is 2.48. The Morgan fingerprint density at radius 1 is 1.50 bits per heavy atom. The van der Waals surface area contributed by atoms with Crippen LogP contribution in [0.15, 0.2) is 18.3 Å². The minimum absolute atomic E-state index is 0.0626. The molecule has 1 aromatic rings. The van der Waals surface area contributed by atoms with E-state index >= 15 is 0 Å². The quantitative estimate of drug-likeness (QED) is 0.846. The van der Waals surface area contributed by atoms with Gasteiger partial charge in [-0.1, -0.05) is 6.42 Å². The third-order valence-electron chi connectivity index (χ3n) is 4.39. The molecule has 2 heterocycles. The van der Waals surface area contributed by atoms with Crippen molar-refractivity contribution in [1.29, 1.82) is 0 Å². The van der Waals surface area contributed by atoms with Gasteiger partial charge in [-0.3, -0.25) is 10.1 Å². The second-order valence-corrected chi connectivity index (χ2v) is 5.47. The fourth-order valence-corrected chi connectivity index (χ4v) is 3.35. The van der Waals surface area contributed by atoms with Crippen molar-refractivity contribution in [1.82, 2.24) is 15.1 Å². The number of anilines is 1. The number of fused-ring (bicyclic) bond motifs is 1. The van der Waals surface area contributed by atoms with Crippen LogP contribution >= 0.6 is 0 Å². The van der Waals surface area contributed by atoms with Crippen LogP contribution in [0, 0.1) is 11.3 Å². The van der Waals surface area contributed by atoms with Gasteiger partial charge in [-0.05, 0) is 30.9 Å². The maximum Gasteiger partial charge on any atom is 0.323 e. The van der Waals surface area contributed by atoms with E-state index in [2.05, 4.69) is 15.5 Å². The number of aliphatic carboxylic acids is 1. The molecule has 0 unspecified atom stereocenters. The molecule has 20 heavy (non-hydrogen) atoms. The van der Waals surface area contributed by atoms with Gasteiger partial charge in [0.1, 0.15) is 0 Å². The van der Waals surface area contributed by atoms with E-state index in [1.165, 1.54) is 6.20 Å². The van der Waals surface area contributed by atoms with Crippen molar-refractivity contribution >= 4 is 17.8 Å². The van der Waals surface area contributed by atoms with Crippen LogP contribution in [0.1, 0.15) is 19.3 Å². The van der Waals surface area contributed by atoms with Gasteiger partial charge in [-0.15, -0.1) is 5.10 Å². The Hall–Kier alpha value is -2.18. The summed E-state index contributed by atoms with van der Waals surface area (Å²) >= 11 is 0. The van der Waals surface area contributed by atoms with Gasteiger partial charge in [-0.2, -0.15) is 5.10 Å². The molecule has 2 atom stereocenters. The van der Waals surface area contributed by atoms with Gasteiger partial charge >= 0.3 is 12.0 Å². The number of likely N-dealkylation sites (tertiary alicyclic amines) is 1. The molecule has 2 N–H and O–H groups in total. The lowest BCUT2D eigenvalue weighted by Gasteiger charge is -2.23. The monoisotopic (exact) mass is 276 g/mol. The lowest BCUT2D eigenvalue weighted by molar-refractivity contribution is -0.149. The first kappa shape index (κ1) is 12.8. The van der Waals surface area contributed by atoms with Crippen LogP contribution in [0.4, 0.5) is 10.6 Å². The van der Waals surface area contributed by atoms with Crippen molar-refractivity contribution in [3.8, 4) is 0 Å². The summed E-state index contributed by atoms with van der Waals surface area (Å²) in [6.07, 6.45) is 3.98. The van der Waals surface area contributed by atoms with Crippen LogP contribution in [0.25, 0.3) is 0 Å². The van der Waals surface area contributed by atoms with E-state index in [1.54, 1.807) is 17.0 Å². The minimum atomic E-state index is -0.783. The summed E-state index contributed by atoms with van der Waals surface area (Å²) in [5.41, 5.74) is -0.750. The number of rotatable bonds is 2. The fraction of sp³-hybridized carbons (Fsp3) is 0.538. The van der Waals surface area contributed by atoms with Crippen LogP contribution in [0.5, 0.6) is 0 Å². The number of urea groups is 1. The second kappa shape index (κ2) is 4.73. The number of carbonyl (C=O) groups is 2. The Morgan fingerprint density at radius 2 is 2.35 bits per heavy atom. The summed E-state index contributed by atoms with van der Waals surface area (Å²) < 4.78 is 0. The molecule has 7 heteroatoms. The van der Waals surface area contributed by atoms with Gasteiger partial charge in [0.2, 0.25) is 0 Å². The third kappa shape index (κ3) is 1.99. The highest BCUT2D eigenvalue weighted by Gasteiger charge is 2.55. The molecular formula is C13H16N4O3. The number of nitrogens with zero attached hydrogens (tertiary/aromatic N) is 3. The van der Waals surface area contributed by atoms with Crippen LogP contribution in [0.2, 0.25) is 0 Å². The molecule has 1 aromatic heterocycles. The van der Waals surface area contributed by atoms with Crippen LogP contribution in [0.3, 0.4) is 0 Å². The topological polar surface area (TPSA) is 95.4 Å². The summed E-state index contributed by atoms with van der Waals surface area (Å²) in [4.78, 5) is 25.3. The Labute approximate surface area is 116 Å².